The van der Waals surface area contributed by atoms with Crippen molar-refractivity contribution in [2.24, 2.45) is 0 Å². The molecule has 0 aliphatic rings. The van der Waals surface area contributed by atoms with Gasteiger partial charge in [0.05, 0.1) is 10.5 Å². The second kappa shape index (κ2) is 6.12. The first kappa shape index (κ1) is 12.5. The summed E-state index contributed by atoms with van der Waals surface area (Å²) in [6.07, 6.45) is 5.55. The summed E-state index contributed by atoms with van der Waals surface area (Å²) in [4.78, 5) is 9.56. The first-order valence-electron chi connectivity index (χ1n) is 5.56. The third-order valence-electron chi connectivity index (χ3n) is 2.44. The van der Waals surface area contributed by atoms with Crippen LogP contribution in [0.4, 0.5) is 5.82 Å². The second-order valence-electron chi connectivity index (χ2n) is 3.72. The fourth-order valence-electron chi connectivity index (χ4n) is 1.65. The third kappa shape index (κ3) is 3.26. The highest BCUT2D eigenvalue weighted by atomic mass is 79.9. The van der Waals surface area contributed by atoms with Crippen LogP contribution in [0.5, 0.6) is 0 Å². The highest BCUT2D eigenvalue weighted by Crippen LogP contribution is 2.29. The molecule has 1 unspecified atom stereocenters. The minimum atomic E-state index is 0.325. The van der Waals surface area contributed by atoms with E-state index in [0.717, 1.165) is 23.1 Å². The van der Waals surface area contributed by atoms with Crippen molar-refractivity contribution in [1.82, 2.24) is 9.97 Å². The molecule has 2 aromatic rings. The minimum Gasteiger partial charge on any atom is -0.361 e. The molecule has 1 atom stereocenters. The molecule has 0 bridgehead atoms. The molecule has 2 heterocycles. The maximum absolute atomic E-state index is 4.25. The lowest BCUT2D eigenvalue weighted by Crippen LogP contribution is -2.10. The van der Waals surface area contributed by atoms with E-state index in [9.17, 15) is 0 Å². The number of nitrogens with zero attached hydrogens (tertiary/aromatic N) is 2. The molecule has 0 aliphatic carbocycles. The quantitative estimate of drug-likeness (QED) is 0.896. The van der Waals surface area contributed by atoms with Crippen molar-refractivity contribution < 1.29 is 0 Å². The lowest BCUT2D eigenvalue weighted by molar-refractivity contribution is 0.683. The molecule has 17 heavy (non-hydrogen) atoms. The fraction of sp³-hybridized carbons (Fsp3) is 0.333. The van der Waals surface area contributed by atoms with Crippen LogP contribution in [0.25, 0.3) is 0 Å². The van der Waals surface area contributed by atoms with Crippen LogP contribution in [0.3, 0.4) is 0 Å². The topological polar surface area (TPSA) is 37.8 Å². The van der Waals surface area contributed by atoms with Gasteiger partial charge in [-0.3, -0.25) is 0 Å². The van der Waals surface area contributed by atoms with E-state index in [0.29, 0.717) is 6.04 Å². The van der Waals surface area contributed by atoms with Gasteiger partial charge in [-0.05, 0) is 33.8 Å². The maximum atomic E-state index is 4.25. The van der Waals surface area contributed by atoms with Gasteiger partial charge >= 0.3 is 0 Å². The molecule has 90 valence electrons. The zero-order chi connectivity index (χ0) is 12.1. The van der Waals surface area contributed by atoms with Gasteiger partial charge < -0.3 is 5.32 Å². The lowest BCUT2D eigenvalue weighted by Gasteiger charge is -2.17. The molecular formula is C12H14BrN3S. The Balaban J connectivity index is 2.16. The van der Waals surface area contributed by atoms with Crippen molar-refractivity contribution in [3.8, 4) is 0 Å². The number of hydrogen-bond donors (Lipinski definition) is 1. The molecule has 0 saturated carbocycles. The van der Waals surface area contributed by atoms with E-state index < -0.39 is 0 Å². The largest absolute Gasteiger partial charge is 0.361 e. The van der Waals surface area contributed by atoms with E-state index in [1.54, 1.807) is 23.9 Å². The Hall–Kier alpha value is -0.940. The van der Waals surface area contributed by atoms with Crippen molar-refractivity contribution in [3.63, 3.8) is 0 Å². The van der Waals surface area contributed by atoms with Gasteiger partial charge in [-0.15, -0.1) is 11.3 Å². The highest BCUT2D eigenvalue weighted by molar-refractivity contribution is 9.10. The lowest BCUT2D eigenvalue weighted by atomic mass is 10.1. The molecule has 2 rings (SSSR count). The van der Waals surface area contributed by atoms with Crippen LogP contribution in [0.1, 0.15) is 30.7 Å². The second-order valence-corrected chi connectivity index (χ2v) is 5.55. The molecule has 0 radical (unpaired) electrons. The van der Waals surface area contributed by atoms with E-state index in [-0.39, 0.29) is 0 Å². The summed E-state index contributed by atoms with van der Waals surface area (Å²) < 4.78 is 0.901. The van der Waals surface area contributed by atoms with E-state index >= 15 is 0 Å². The summed E-state index contributed by atoms with van der Waals surface area (Å²) in [6.45, 7) is 2.19. The van der Waals surface area contributed by atoms with Crippen LogP contribution in [0, 0.1) is 0 Å². The third-order valence-corrected chi connectivity index (χ3v) is 4.01. The molecule has 0 spiro atoms. The molecule has 0 saturated heterocycles. The number of hydrogen-bond acceptors (Lipinski definition) is 4. The first-order valence-corrected chi connectivity index (χ1v) is 7.24. The standard InChI is InChI=1S/C12H14BrN3S/c1-2-4-10(11-5-3-6-17-11)16-12-9(13)7-14-8-15-12/h3,5-8,10H,2,4H2,1H3,(H,14,15,16). The van der Waals surface area contributed by atoms with Gasteiger partial charge in [0.25, 0.3) is 0 Å². The zero-order valence-electron chi connectivity index (χ0n) is 9.56. The predicted octanol–water partition coefficient (Wildman–Crippen LogP) is 4.25. The number of halogens is 1. The highest BCUT2D eigenvalue weighted by Gasteiger charge is 2.13. The van der Waals surface area contributed by atoms with Crippen molar-refractivity contribution in [3.05, 3.63) is 39.4 Å². The van der Waals surface area contributed by atoms with Crippen LogP contribution < -0.4 is 5.32 Å². The van der Waals surface area contributed by atoms with Gasteiger partial charge in [0.2, 0.25) is 0 Å². The molecule has 0 fully saturated rings. The van der Waals surface area contributed by atoms with E-state index in [1.807, 2.05) is 0 Å². The normalized spacial score (nSPS) is 12.4. The number of rotatable bonds is 5. The number of anilines is 1. The molecule has 2 aromatic heterocycles. The molecule has 0 aliphatic heterocycles. The Labute approximate surface area is 113 Å². The summed E-state index contributed by atoms with van der Waals surface area (Å²) in [5.74, 6) is 0.854. The molecule has 3 nitrogen and oxygen atoms in total. The molecule has 1 N–H and O–H groups in total. The van der Waals surface area contributed by atoms with Crippen LogP contribution in [-0.2, 0) is 0 Å². The van der Waals surface area contributed by atoms with E-state index in [1.165, 1.54) is 4.88 Å². The minimum absolute atomic E-state index is 0.325. The van der Waals surface area contributed by atoms with E-state index in [4.69, 9.17) is 0 Å². The smallest absolute Gasteiger partial charge is 0.144 e. The van der Waals surface area contributed by atoms with Gasteiger partial charge in [-0.2, -0.15) is 0 Å². The Bertz CT molecular complexity index is 459. The zero-order valence-corrected chi connectivity index (χ0v) is 12.0. The Morgan fingerprint density at radius 1 is 1.53 bits per heavy atom. The van der Waals surface area contributed by atoms with Crippen LogP contribution in [0.2, 0.25) is 0 Å². The van der Waals surface area contributed by atoms with E-state index in [2.05, 4.69) is 55.7 Å². The van der Waals surface area contributed by atoms with Gasteiger partial charge in [0, 0.05) is 11.1 Å². The summed E-state index contributed by atoms with van der Waals surface area (Å²) in [5, 5.41) is 5.57. The average molecular weight is 312 g/mol. The Morgan fingerprint density at radius 2 is 2.41 bits per heavy atom. The van der Waals surface area contributed by atoms with Gasteiger partial charge in [0.15, 0.2) is 0 Å². The van der Waals surface area contributed by atoms with Crippen LogP contribution in [-0.4, -0.2) is 9.97 Å². The average Bonchev–Trinajstić information content (AvgIpc) is 2.85. The monoisotopic (exact) mass is 311 g/mol. The van der Waals surface area contributed by atoms with Gasteiger partial charge in [0.1, 0.15) is 12.1 Å². The molecular weight excluding hydrogens is 298 g/mol. The summed E-state index contributed by atoms with van der Waals surface area (Å²) >= 11 is 5.23. The van der Waals surface area contributed by atoms with Crippen molar-refractivity contribution in [2.45, 2.75) is 25.8 Å². The maximum Gasteiger partial charge on any atom is 0.144 e. The van der Waals surface area contributed by atoms with Gasteiger partial charge in [-0.25, -0.2) is 9.97 Å². The predicted molar refractivity (Wildman–Crippen MR) is 75.3 cm³/mol. The summed E-state index contributed by atoms with van der Waals surface area (Å²) in [6, 6.07) is 4.57. The summed E-state index contributed by atoms with van der Waals surface area (Å²) in [5.41, 5.74) is 0. The van der Waals surface area contributed by atoms with Crippen molar-refractivity contribution >= 4 is 33.1 Å². The number of thiophene rings is 1. The van der Waals surface area contributed by atoms with Crippen LogP contribution >= 0.6 is 27.3 Å². The SMILES string of the molecule is CCCC(Nc1ncncc1Br)c1cccs1. The first-order chi connectivity index (χ1) is 8.31. The van der Waals surface area contributed by atoms with Crippen molar-refractivity contribution in [2.75, 3.05) is 5.32 Å². The fourth-order valence-corrected chi connectivity index (χ4v) is 2.80. The van der Waals surface area contributed by atoms with Crippen LogP contribution in [0.15, 0.2) is 34.5 Å². The van der Waals surface area contributed by atoms with Gasteiger partial charge in [-0.1, -0.05) is 19.4 Å². The molecule has 0 amide bonds. The van der Waals surface area contributed by atoms with Crippen molar-refractivity contribution in [1.29, 1.82) is 0 Å². The molecule has 0 aromatic carbocycles. The number of aromatic nitrogens is 2. The Morgan fingerprint density at radius 3 is 3.06 bits per heavy atom. The Kier molecular flexibility index (Phi) is 4.50. The molecule has 5 heteroatoms. The summed E-state index contributed by atoms with van der Waals surface area (Å²) in [7, 11) is 0. The number of nitrogens with one attached hydrogen (secondary N) is 1.